The Kier molecular flexibility index (Phi) is 10.9. The fourth-order valence-electron chi connectivity index (χ4n) is 4.33. The van der Waals surface area contributed by atoms with E-state index in [1.165, 1.54) is 18.4 Å². The molecular formula is C23H37ClIN5O. The number of nitrogens with zero attached hydrogens (tertiary/aromatic N) is 3. The molecule has 0 saturated carbocycles. The average Bonchev–Trinajstić information content (AvgIpc) is 3.40. The summed E-state index contributed by atoms with van der Waals surface area (Å²) < 4.78 is 0. The molecule has 8 heteroatoms. The van der Waals surface area contributed by atoms with Crippen molar-refractivity contribution in [3.8, 4) is 0 Å². The Morgan fingerprint density at radius 1 is 1.26 bits per heavy atom. The summed E-state index contributed by atoms with van der Waals surface area (Å²) in [5.41, 5.74) is 1.22. The number of benzene rings is 1. The fourth-order valence-corrected chi connectivity index (χ4v) is 4.53. The van der Waals surface area contributed by atoms with Crippen molar-refractivity contribution in [1.82, 2.24) is 20.4 Å². The third-order valence-corrected chi connectivity index (χ3v) is 6.15. The van der Waals surface area contributed by atoms with Gasteiger partial charge < -0.3 is 15.5 Å². The van der Waals surface area contributed by atoms with Gasteiger partial charge in [-0.15, -0.1) is 24.0 Å². The van der Waals surface area contributed by atoms with Crippen molar-refractivity contribution in [2.24, 2.45) is 10.9 Å². The van der Waals surface area contributed by atoms with Gasteiger partial charge in [0.05, 0.1) is 12.6 Å². The van der Waals surface area contributed by atoms with Gasteiger partial charge in [-0.05, 0) is 57.0 Å². The molecule has 31 heavy (non-hydrogen) atoms. The molecule has 1 amide bonds. The first-order chi connectivity index (χ1) is 14.5. The normalized spacial score (nSPS) is 20.6. The Balaban J connectivity index is 0.00000341. The van der Waals surface area contributed by atoms with E-state index >= 15 is 0 Å². The van der Waals surface area contributed by atoms with Gasteiger partial charge in [-0.1, -0.05) is 37.6 Å². The number of rotatable bonds is 7. The van der Waals surface area contributed by atoms with Crippen LogP contribution < -0.4 is 10.6 Å². The van der Waals surface area contributed by atoms with E-state index < -0.39 is 0 Å². The lowest BCUT2D eigenvalue weighted by atomic mass is 10.1. The van der Waals surface area contributed by atoms with E-state index in [1.807, 2.05) is 30.9 Å². The van der Waals surface area contributed by atoms with Crippen molar-refractivity contribution in [3.63, 3.8) is 0 Å². The molecule has 2 aliphatic rings. The zero-order chi connectivity index (χ0) is 21.5. The van der Waals surface area contributed by atoms with Gasteiger partial charge in [0.1, 0.15) is 0 Å². The highest BCUT2D eigenvalue weighted by molar-refractivity contribution is 14.0. The van der Waals surface area contributed by atoms with Gasteiger partial charge in [-0.2, -0.15) is 0 Å². The number of carbonyl (C=O) groups excluding carboxylic acids is 1. The SMILES string of the molecule is CCNC(=NCC(c1cccc(Cl)c1)N1CCCC1)NC1CCN(C(=O)C(C)C)C1.I. The molecule has 1 aromatic rings. The molecule has 1 aromatic carbocycles. The van der Waals surface area contributed by atoms with Crippen LogP contribution in [0, 0.1) is 5.92 Å². The number of nitrogens with one attached hydrogen (secondary N) is 2. The highest BCUT2D eigenvalue weighted by atomic mass is 127. The van der Waals surface area contributed by atoms with Crippen LogP contribution in [-0.4, -0.2) is 67.0 Å². The summed E-state index contributed by atoms with van der Waals surface area (Å²) in [5, 5.41) is 7.70. The molecule has 2 saturated heterocycles. The molecule has 0 spiro atoms. The number of likely N-dealkylation sites (tertiary alicyclic amines) is 2. The van der Waals surface area contributed by atoms with Gasteiger partial charge in [-0.25, -0.2) is 0 Å². The minimum absolute atomic E-state index is 0. The lowest BCUT2D eigenvalue weighted by Gasteiger charge is -2.27. The lowest BCUT2D eigenvalue weighted by molar-refractivity contribution is -0.133. The number of guanidine groups is 1. The number of halogens is 2. The number of amides is 1. The quantitative estimate of drug-likeness (QED) is 0.301. The van der Waals surface area contributed by atoms with Gasteiger partial charge in [0, 0.05) is 36.6 Å². The van der Waals surface area contributed by atoms with Crippen molar-refractivity contribution in [2.75, 3.05) is 39.3 Å². The summed E-state index contributed by atoms with van der Waals surface area (Å²) in [5.74, 6) is 1.11. The maximum Gasteiger partial charge on any atom is 0.225 e. The van der Waals surface area contributed by atoms with Crippen LogP contribution in [-0.2, 0) is 4.79 Å². The molecule has 2 fully saturated rings. The molecule has 2 heterocycles. The van der Waals surface area contributed by atoms with E-state index in [1.54, 1.807) is 0 Å². The highest BCUT2D eigenvalue weighted by Gasteiger charge is 2.28. The molecule has 6 nitrogen and oxygen atoms in total. The molecule has 2 aliphatic heterocycles. The molecule has 0 bridgehead atoms. The summed E-state index contributed by atoms with van der Waals surface area (Å²) in [7, 11) is 0. The van der Waals surface area contributed by atoms with Gasteiger partial charge in [0.25, 0.3) is 0 Å². The Labute approximate surface area is 209 Å². The van der Waals surface area contributed by atoms with Crippen LogP contribution in [0.5, 0.6) is 0 Å². The third-order valence-electron chi connectivity index (χ3n) is 5.92. The summed E-state index contributed by atoms with van der Waals surface area (Å²) in [6, 6.07) is 8.62. The van der Waals surface area contributed by atoms with Crippen molar-refractivity contribution in [1.29, 1.82) is 0 Å². The van der Waals surface area contributed by atoms with Crippen molar-refractivity contribution < 1.29 is 4.79 Å². The lowest BCUT2D eigenvalue weighted by Crippen LogP contribution is -2.45. The molecule has 2 unspecified atom stereocenters. The second kappa shape index (κ2) is 12.8. The van der Waals surface area contributed by atoms with E-state index in [9.17, 15) is 4.79 Å². The van der Waals surface area contributed by atoms with Crippen molar-refractivity contribution in [2.45, 2.75) is 52.1 Å². The standard InChI is InChI=1S/C23H36ClN5O.HI/c1-4-25-23(27-20-10-13-29(16-20)22(30)17(2)3)26-15-21(28-11-5-6-12-28)18-8-7-9-19(24)14-18;/h7-9,14,17,20-21H,4-6,10-13,15-16H2,1-3H3,(H2,25,26,27);1H. The van der Waals surface area contributed by atoms with Crippen LogP contribution in [0.1, 0.15) is 51.6 Å². The Morgan fingerprint density at radius 3 is 2.65 bits per heavy atom. The van der Waals surface area contributed by atoms with Gasteiger partial charge in [0.15, 0.2) is 5.96 Å². The maximum atomic E-state index is 12.3. The smallest absolute Gasteiger partial charge is 0.225 e. The highest BCUT2D eigenvalue weighted by Crippen LogP contribution is 2.27. The first-order valence-electron chi connectivity index (χ1n) is 11.3. The van der Waals surface area contributed by atoms with Crippen molar-refractivity contribution >= 4 is 47.4 Å². The summed E-state index contributed by atoms with van der Waals surface area (Å²) >= 11 is 6.27. The second-order valence-corrected chi connectivity index (χ2v) is 9.04. The average molecular weight is 562 g/mol. The molecule has 2 atom stereocenters. The first kappa shape index (κ1) is 26.2. The summed E-state index contributed by atoms with van der Waals surface area (Å²) in [6.45, 7) is 11.2. The van der Waals surface area contributed by atoms with Crippen LogP contribution in [0.4, 0.5) is 0 Å². The van der Waals surface area contributed by atoms with Crippen molar-refractivity contribution in [3.05, 3.63) is 34.9 Å². The minimum Gasteiger partial charge on any atom is -0.357 e. The first-order valence-corrected chi connectivity index (χ1v) is 11.7. The van der Waals surface area contributed by atoms with Gasteiger partial charge in [0.2, 0.25) is 5.91 Å². The summed E-state index contributed by atoms with van der Waals surface area (Å²) in [4.78, 5) is 21.7. The molecule has 0 radical (unpaired) electrons. The number of aliphatic imine (C=N–C) groups is 1. The van der Waals surface area contributed by atoms with Gasteiger partial charge in [-0.3, -0.25) is 14.7 Å². The van der Waals surface area contributed by atoms with E-state index in [4.69, 9.17) is 16.6 Å². The van der Waals surface area contributed by atoms with Gasteiger partial charge >= 0.3 is 0 Å². The number of carbonyl (C=O) groups is 1. The topological polar surface area (TPSA) is 60.0 Å². The Morgan fingerprint density at radius 2 is 2.00 bits per heavy atom. The van der Waals surface area contributed by atoms with E-state index in [-0.39, 0.29) is 47.9 Å². The van der Waals surface area contributed by atoms with Crippen LogP contribution in [0.3, 0.4) is 0 Å². The third kappa shape index (κ3) is 7.49. The second-order valence-electron chi connectivity index (χ2n) is 8.60. The molecular weight excluding hydrogens is 525 g/mol. The van der Waals surface area contributed by atoms with Crippen LogP contribution in [0.15, 0.2) is 29.3 Å². The van der Waals surface area contributed by atoms with E-state index in [2.05, 4.69) is 34.6 Å². The predicted molar refractivity (Wildman–Crippen MR) is 139 cm³/mol. The zero-order valence-electron chi connectivity index (χ0n) is 18.9. The molecule has 174 valence electrons. The van der Waals surface area contributed by atoms with E-state index in [0.717, 1.165) is 50.1 Å². The molecule has 3 rings (SSSR count). The largest absolute Gasteiger partial charge is 0.357 e. The van der Waals surface area contributed by atoms with Crippen LogP contribution >= 0.6 is 35.6 Å². The molecule has 2 N–H and O–H groups in total. The minimum atomic E-state index is 0. The van der Waals surface area contributed by atoms with Crippen LogP contribution in [0.25, 0.3) is 0 Å². The Bertz CT molecular complexity index is 738. The van der Waals surface area contributed by atoms with E-state index in [0.29, 0.717) is 6.54 Å². The zero-order valence-corrected chi connectivity index (χ0v) is 22.0. The maximum absolute atomic E-state index is 12.3. The number of hydrogen-bond donors (Lipinski definition) is 2. The summed E-state index contributed by atoms with van der Waals surface area (Å²) in [6.07, 6.45) is 3.43. The molecule has 0 aromatic heterocycles. The molecule has 0 aliphatic carbocycles. The predicted octanol–water partition coefficient (Wildman–Crippen LogP) is 3.91. The Hall–Kier alpha value is -1.06. The monoisotopic (exact) mass is 561 g/mol. The fraction of sp³-hybridized carbons (Fsp3) is 0.652. The van der Waals surface area contributed by atoms with Crippen LogP contribution in [0.2, 0.25) is 5.02 Å². The number of hydrogen-bond acceptors (Lipinski definition) is 3.